The summed E-state index contributed by atoms with van der Waals surface area (Å²) in [6, 6.07) is 17.4. The molecule has 0 aromatic heterocycles. The van der Waals surface area contributed by atoms with Crippen LogP contribution in [0.1, 0.15) is 36.5 Å². The molecule has 1 atom stereocenters. The minimum atomic E-state index is 0.103. The predicted octanol–water partition coefficient (Wildman–Crippen LogP) is 4.49. The number of rotatable bonds is 3. The highest BCUT2D eigenvalue weighted by atomic mass is 16.5. The number of amides is 1. The van der Waals surface area contributed by atoms with Crippen LogP contribution in [0.2, 0.25) is 0 Å². The molecule has 1 saturated heterocycles. The van der Waals surface area contributed by atoms with Crippen LogP contribution >= 0.6 is 0 Å². The Morgan fingerprint density at radius 2 is 1.82 bits per heavy atom. The molecule has 1 aliphatic rings. The van der Waals surface area contributed by atoms with Gasteiger partial charge in [-0.1, -0.05) is 24.3 Å². The summed E-state index contributed by atoms with van der Waals surface area (Å²) < 4.78 is 5.81. The molecule has 0 N–H and O–H groups in total. The zero-order valence-electron chi connectivity index (χ0n) is 12.9. The van der Waals surface area contributed by atoms with E-state index >= 15 is 0 Å². The van der Waals surface area contributed by atoms with Gasteiger partial charge in [-0.2, -0.15) is 0 Å². The summed E-state index contributed by atoms with van der Waals surface area (Å²) in [5, 5.41) is 0. The van der Waals surface area contributed by atoms with E-state index in [1.165, 1.54) is 6.42 Å². The van der Waals surface area contributed by atoms with E-state index in [9.17, 15) is 4.79 Å². The highest BCUT2D eigenvalue weighted by molar-refractivity contribution is 5.94. The maximum absolute atomic E-state index is 12.7. The van der Waals surface area contributed by atoms with Crippen molar-refractivity contribution in [1.82, 2.24) is 4.90 Å². The topological polar surface area (TPSA) is 29.5 Å². The zero-order valence-corrected chi connectivity index (χ0v) is 12.9. The second-order valence-electron chi connectivity index (χ2n) is 5.79. The SMILES string of the molecule is CC1CCCCN1C(=O)c1cccc(Oc2ccccc2)c1. The Labute approximate surface area is 131 Å². The van der Waals surface area contributed by atoms with Gasteiger partial charge in [-0.15, -0.1) is 0 Å². The lowest BCUT2D eigenvalue weighted by atomic mass is 10.0. The molecule has 0 aliphatic carbocycles. The van der Waals surface area contributed by atoms with Crippen molar-refractivity contribution in [2.45, 2.75) is 32.2 Å². The van der Waals surface area contributed by atoms with E-state index in [0.717, 1.165) is 25.1 Å². The van der Waals surface area contributed by atoms with Crippen molar-refractivity contribution in [1.29, 1.82) is 0 Å². The van der Waals surface area contributed by atoms with E-state index in [0.29, 0.717) is 17.4 Å². The van der Waals surface area contributed by atoms with Gasteiger partial charge in [0.1, 0.15) is 11.5 Å². The van der Waals surface area contributed by atoms with Crippen LogP contribution in [0.5, 0.6) is 11.5 Å². The third-order valence-electron chi connectivity index (χ3n) is 4.12. The normalized spacial score (nSPS) is 18.0. The van der Waals surface area contributed by atoms with Gasteiger partial charge in [0.2, 0.25) is 0 Å². The van der Waals surface area contributed by atoms with Gasteiger partial charge in [0.25, 0.3) is 5.91 Å². The first kappa shape index (κ1) is 14.6. The van der Waals surface area contributed by atoms with E-state index in [4.69, 9.17) is 4.74 Å². The number of carbonyl (C=O) groups excluding carboxylic acids is 1. The van der Waals surface area contributed by atoms with E-state index in [1.54, 1.807) is 0 Å². The standard InChI is InChI=1S/C19H21NO2/c1-15-8-5-6-13-20(15)19(21)16-9-7-12-18(14-16)22-17-10-3-2-4-11-17/h2-4,7,9-12,14-15H,5-6,8,13H2,1H3. The molecule has 1 fully saturated rings. The molecule has 1 unspecified atom stereocenters. The summed E-state index contributed by atoms with van der Waals surface area (Å²) in [7, 11) is 0. The molecule has 0 bridgehead atoms. The Balaban J connectivity index is 1.77. The van der Waals surface area contributed by atoms with Crippen molar-refractivity contribution >= 4 is 5.91 Å². The number of carbonyl (C=O) groups is 1. The molecule has 2 aromatic carbocycles. The number of hydrogen-bond donors (Lipinski definition) is 0. The zero-order chi connectivity index (χ0) is 15.4. The van der Waals surface area contributed by atoms with Crippen molar-refractivity contribution in [3.05, 3.63) is 60.2 Å². The Morgan fingerprint density at radius 1 is 1.05 bits per heavy atom. The maximum Gasteiger partial charge on any atom is 0.254 e. The van der Waals surface area contributed by atoms with Gasteiger partial charge in [0.05, 0.1) is 0 Å². The summed E-state index contributed by atoms with van der Waals surface area (Å²) in [6.45, 7) is 2.98. The molecule has 3 rings (SSSR count). The quantitative estimate of drug-likeness (QED) is 0.834. The minimum Gasteiger partial charge on any atom is -0.457 e. The molecule has 1 heterocycles. The third kappa shape index (κ3) is 3.30. The highest BCUT2D eigenvalue weighted by Gasteiger charge is 2.24. The van der Waals surface area contributed by atoms with Crippen LogP contribution in [-0.2, 0) is 0 Å². The Kier molecular flexibility index (Phi) is 4.42. The molecule has 3 nitrogen and oxygen atoms in total. The van der Waals surface area contributed by atoms with Crippen LogP contribution in [0.3, 0.4) is 0 Å². The van der Waals surface area contributed by atoms with Crippen LogP contribution in [0.15, 0.2) is 54.6 Å². The van der Waals surface area contributed by atoms with Gasteiger partial charge < -0.3 is 9.64 Å². The lowest BCUT2D eigenvalue weighted by Crippen LogP contribution is -2.42. The number of piperidine rings is 1. The predicted molar refractivity (Wildman–Crippen MR) is 87.3 cm³/mol. The fourth-order valence-corrected chi connectivity index (χ4v) is 2.88. The highest BCUT2D eigenvalue weighted by Crippen LogP contribution is 2.24. The van der Waals surface area contributed by atoms with Gasteiger partial charge in [0.15, 0.2) is 0 Å². The molecule has 22 heavy (non-hydrogen) atoms. The van der Waals surface area contributed by atoms with Crippen LogP contribution in [0, 0.1) is 0 Å². The average molecular weight is 295 g/mol. The van der Waals surface area contributed by atoms with Gasteiger partial charge in [-0.25, -0.2) is 0 Å². The van der Waals surface area contributed by atoms with Crippen molar-refractivity contribution in [3.8, 4) is 11.5 Å². The summed E-state index contributed by atoms with van der Waals surface area (Å²) in [5.41, 5.74) is 0.696. The Hall–Kier alpha value is -2.29. The lowest BCUT2D eigenvalue weighted by molar-refractivity contribution is 0.0635. The number of ether oxygens (including phenoxy) is 1. The molecule has 0 spiro atoms. The minimum absolute atomic E-state index is 0.103. The lowest BCUT2D eigenvalue weighted by Gasteiger charge is -2.33. The second kappa shape index (κ2) is 6.65. The van der Waals surface area contributed by atoms with Crippen molar-refractivity contribution in [3.63, 3.8) is 0 Å². The van der Waals surface area contributed by atoms with E-state index in [-0.39, 0.29) is 5.91 Å². The van der Waals surface area contributed by atoms with E-state index in [1.807, 2.05) is 59.5 Å². The molecule has 2 aromatic rings. The van der Waals surface area contributed by atoms with Gasteiger partial charge in [-0.05, 0) is 56.5 Å². The van der Waals surface area contributed by atoms with Crippen LogP contribution in [0.25, 0.3) is 0 Å². The molecule has 3 heteroatoms. The van der Waals surface area contributed by atoms with Gasteiger partial charge in [-0.3, -0.25) is 4.79 Å². The van der Waals surface area contributed by atoms with E-state index < -0.39 is 0 Å². The van der Waals surface area contributed by atoms with Gasteiger partial charge >= 0.3 is 0 Å². The molecule has 1 aliphatic heterocycles. The van der Waals surface area contributed by atoms with Crippen LogP contribution in [0.4, 0.5) is 0 Å². The molecule has 114 valence electrons. The second-order valence-corrected chi connectivity index (χ2v) is 5.79. The summed E-state index contributed by atoms with van der Waals surface area (Å²) in [5.74, 6) is 1.57. The first-order chi connectivity index (χ1) is 10.7. The molecular formula is C19H21NO2. The number of benzene rings is 2. The molecular weight excluding hydrogens is 274 g/mol. The number of para-hydroxylation sites is 1. The first-order valence-electron chi connectivity index (χ1n) is 7.88. The summed E-state index contributed by atoms with van der Waals surface area (Å²) in [6.07, 6.45) is 3.39. The molecule has 0 radical (unpaired) electrons. The fourth-order valence-electron chi connectivity index (χ4n) is 2.88. The molecule has 0 saturated carbocycles. The van der Waals surface area contributed by atoms with Crippen molar-refractivity contribution in [2.75, 3.05) is 6.54 Å². The fraction of sp³-hybridized carbons (Fsp3) is 0.316. The van der Waals surface area contributed by atoms with Gasteiger partial charge in [0, 0.05) is 18.2 Å². The largest absolute Gasteiger partial charge is 0.457 e. The number of hydrogen-bond acceptors (Lipinski definition) is 2. The van der Waals surface area contributed by atoms with E-state index in [2.05, 4.69) is 6.92 Å². The summed E-state index contributed by atoms with van der Waals surface area (Å²) >= 11 is 0. The number of nitrogens with zero attached hydrogens (tertiary/aromatic N) is 1. The average Bonchev–Trinajstić information content (AvgIpc) is 2.56. The maximum atomic E-state index is 12.7. The third-order valence-corrected chi connectivity index (χ3v) is 4.12. The monoisotopic (exact) mass is 295 g/mol. The van der Waals surface area contributed by atoms with Crippen molar-refractivity contribution < 1.29 is 9.53 Å². The number of likely N-dealkylation sites (tertiary alicyclic amines) is 1. The molecule has 1 amide bonds. The van der Waals surface area contributed by atoms with Crippen molar-refractivity contribution in [2.24, 2.45) is 0 Å². The smallest absolute Gasteiger partial charge is 0.254 e. The van der Waals surface area contributed by atoms with Crippen LogP contribution < -0.4 is 4.74 Å². The van der Waals surface area contributed by atoms with Crippen LogP contribution in [-0.4, -0.2) is 23.4 Å². The Morgan fingerprint density at radius 3 is 2.59 bits per heavy atom. The summed E-state index contributed by atoms with van der Waals surface area (Å²) in [4.78, 5) is 14.7. The first-order valence-corrected chi connectivity index (χ1v) is 7.88. The Bertz CT molecular complexity index is 639.